The Morgan fingerprint density at radius 1 is 1.19 bits per heavy atom. The number of amides is 2. The number of carbonyl (C=O) groups excluding carboxylic acids is 1. The monoisotopic (exact) mass is 432 g/mol. The SMILES string of the molecule is O=C(NCc1ccc(Br)s1)Nc1ccc(Br)c(C(=O)O)c1. The molecule has 0 aliphatic rings. The maximum atomic E-state index is 11.8. The van der Waals surface area contributed by atoms with Gasteiger partial charge in [-0.05, 0) is 62.2 Å². The summed E-state index contributed by atoms with van der Waals surface area (Å²) in [7, 11) is 0. The molecule has 0 atom stereocenters. The zero-order valence-electron chi connectivity index (χ0n) is 10.5. The zero-order valence-corrected chi connectivity index (χ0v) is 14.5. The van der Waals surface area contributed by atoms with Crippen LogP contribution in [0.1, 0.15) is 15.2 Å². The smallest absolute Gasteiger partial charge is 0.336 e. The molecule has 3 N–H and O–H groups in total. The van der Waals surface area contributed by atoms with Crippen LogP contribution in [0.2, 0.25) is 0 Å². The van der Waals surface area contributed by atoms with Crippen molar-refractivity contribution in [2.24, 2.45) is 0 Å². The predicted molar refractivity (Wildman–Crippen MR) is 89.0 cm³/mol. The van der Waals surface area contributed by atoms with Gasteiger partial charge in [-0.2, -0.15) is 0 Å². The van der Waals surface area contributed by atoms with Crippen molar-refractivity contribution >= 4 is 60.9 Å². The molecular formula is C13H10Br2N2O3S. The first kappa shape index (κ1) is 16.0. The Bertz CT molecular complexity index is 688. The van der Waals surface area contributed by atoms with E-state index < -0.39 is 12.0 Å². The van der Waals surface area contributed by atoms with Gasteiger partial charge >= 0.3 is 12.0 Å². The minimum atomic E-state index is -1.06. The Kier molecular flexibility index (Phi) is 5.38. The van der Waals surface area contributed by atoms with Gasteiger partial charge in [-0.3, -0.25) is 0 Å². The zero-order chi connectivity index (χ0) is 15.4. The van der Waals surface area contributed by atoms with E-state index in [0.717, 1.165) is 8.66 Å². The maximum Gasteiger partial charge on any atom is 0.336 e. The number of rotatable bonds is 4. The van der Waals surface area contributed by atoms with Crippen LogP contribution in [0, 0.1) is 0 Å². The summed E-state index contributed by atoms with van der Waals surface area (Å²) < 4.78 is 1.46. The first-order valence-corrected chi connectivity index (χ1v) is 8.18. The largest absolute Gasteiger partial charge is 0.478 e. The van der Waals surface area contributed by atoms with Crippen molar-refractivity contribution in [2.45, 2.75) is 6.54 Å². The lowest BCUT2D eigenvalue weighted by Gasteiger charge is -2.08. The quantitative estimate of drug-likeness (QED) is 0.672. The number of benzene rings is 1. The molecule has 5 nitrogen and oxygen atoms in total. The topological polar surface area (TPSA) is 78.4 Å². The van der Waals surface area contributed by atoms with Crippen LogP contribution >= 0.6 is 43.2 Å². The fraction of sp³-hybridized carbons (Fsp3) is 0.0769. The number of aromatic carboxylic acids is 1. The average Bonchev–Trinajstić information content (AvgIpc) is 2.84. The second-order valence-electron chi connectivity index (χ2n) is 4.01. The Balaban J connectivity index is 1.96. The van der Waals surface area contributed by atoms with Crippen molar-refractivity contribution in [1.29, 1.82) is 0 Å². The first-order valence-electron chi connectivity index (χ1n) is 5.77. The van der Waals surface area contributed by atoms with E-state index in [2.05, 4.69) is 42.5 Å². The molecule has 0 saturated carbocycles. The van der Waals surface area contributed by atoms with Crippen LogP contribution in [-0.4, -0.2) is 17.1 Å². The molecule has 0 radical (unpaired) electrons. The Hall–Kier alpha value is -1.38. The number of carboxylic acid groups (broad SMARTS) is 1. The van der Waals surface area contributed by atoms with Gasteiger partial charge in [0.05, 0.1) is 15.9 Å². The lowest BCUT2D eigenvalue weighted by molar-refractivity contribution is 0.0696. The molecule has 2 amide bonds. The number of carbonyl (C=O) groups is 2. The summed E-state index contributed by atoms with van der Waals surface area (Å²) in [5, 5.41) is 14.3. The molecule has 0 saturated heterocycles. The molecule has 8 heteroatoms. The fourth-order valence-corrected chi connectivity index (χ4v) is 3.40. The second kappa shape index (κ2) is 7.06. The number of urea groups is 1. The van der Waals surface area contributed by atoms with Crippen molar-refractivity contribution in [1.82, 2.24) is 5.32 Å². The third kappa shape index (κ3) is 4.55. The molecule has 1 aromatic carbocycles. The highest BCUT2D eigenvalue weighted by Crippen LogP contribution is 2.22. The number of anilines is 1. The van der Waals surface area contributed by atoms with E-state index in [1.807, 2.05) is 12.1 Å². The number of hydrogen-bond acceptors (Lipinski definition) is 3. The molecule has 0 aliphatic carbocycles. The summed E-state index contributed by atoms with van der Waals surface area (Å²) in [5.74, 6) is -1.06. The van der Waals surface area contributed by atoms with Crippen LogP contribution in [0.5, 0.6) is 0 Å². The number of carboxylic acids is 1. The minimum absolute atomic E-state index is 0.0926. The first-order chi connectivity index (χ1) is 9.95. The van der Waals surface area contributed by atoms with E-state index in [0.29, 0.717) is 16.7 Å². The maximum absolute atomic E-state index is 11.8. The molecule has 21 heavy (non-hydrogen) atoms. The number of halogens is 2. The van der Waals surface area contributed by atoms with Crippen molar-refractivity contribution < 1.29 is 14.7 Å². The van der Waals surface area contributed by atoms with Crippen molar-refractivity contribution in [2.75, 3.05) is 5.32 Å². The van der Waals surface area contributed by atoms with Gasteiger partial charge in [-0.1, -0.05) is 0 Å². The highest BCUT2D eigenvalue weighted by atomic mass is 79.9. The van der Waals surface area contributed by atoms with Crippen LogP contribution in [0.25, 0.3) is 0 Å². The van der Waals surface area contributed by atoms with Crippen molar-refractivity contribution in [3.8, 4) is 0 Å². The van der Waals surface area contributed by atoms with Crippen LogP contribution in [0.15, 0.2) is 38.6 Å². The Labute approximate surface area is 141 Å². The van der Waals surface area contributed by atoms with Gasteiger partial charge in [0, 0.05) is 15.0 Å². The lowest BCUT2D eigenvalue weighted by atomic mass is 10.2. The van der Waals surface area contributed by atoms with Crippen LogP contribution in [0.4, 0.5) is 10.5 Å². The third-order valence-electron chi connectivity index (χ3n) is 2.51. The standard InChI is InChI=1S/C13H10Br2N2O3S/c14-10-3-1-7(5-9(10)12(18)19)17-13(20)16-6-8-2-4-11(15)21-8/h1-5H,6H2,(H,18,19)(H2,16,17,20). The van der Waals surface area contributed by atoms with Crippen LogP contribution in [-0.2, 0) is 6.54 Å². The molecule has 2 aromatic rings. The lowest BCUT2D eigenvalue weighted by Crippen LogP contribution is -2.27. The summed E-state index contributed by atoms with van der Waals surface area (Å²) in [5.41, 5.74) is 0.510. The van der Waals surface area contributed by atoms with E-state index >= 15 is 0 Å². The van der Waals surface area contributed by atoms with E-state index in [1.165, 1.54) is 17.4 Å². The van der Waals surface area contributed by atoms with Crippen molar-refractivity contribution in [3.05, 3.63) is 49.0 Å². The van der Waals surface area contributed by atoms with Gasteiger partial charge in [0.25, 0.3) is 0 Å². The number of thiophene rings is 1. The van der Waals surface area contributed by atoms with Crippen LogP contribution in [0.3, 0.4) is 0 Å². The molecule has 1 aromatic heterocycles. The third-order valence-corrected chi connectivity index (χ3v) is 4.82. The van der Waals surface area contributed by atoms with Gasteiger partial charge in [-0.15, -0.1) is 11.3 Å². The molecule has 0 spiro atoms. The molecule has 110 valence electrons. The molecule has 0 aliphatic heterocycles. The average molecular weight is 434 g/mol. The van der Waals surface area contributed by atoms with Gasteiger partial charge in [0.1, 0.15) is 0 Å². The summed E-state index contributed by atoms with van der Waals surface area (Å²) in [6.45, 7) is 0.407. The Morgan fingerprint density at radius 2 is 1.95 bits per heavy atom. The minimum Gasteiger partial charge on any atom is -0.478 e. The Morgan fingerprint density at radius 3 is 2.57 bits per heavy atom. The van der Waals surface area contributed by atoms with Gasteiger partial charge in [0.2, 0.25) is 0 Å². The fourth-order valence-electron chi connectivity index (χ4n) is 1.56. The molecular weight excluding hydrogens is 424 g/mol. The number of nitrogens with one attached hydrogen (secondary N) is 2. The van der Waals surface area contributed by atoms with E-state index in [1.54, 1.807) is 12.1 Å². The highest BCUT2D eigenvalue weighted by molar-refractivity contribution is 9.11. The predicted octanol–water partition coefficient (Wildman–Crippen LogP) is 4.29. The summed E-state index contributed by atoms with van der Waals surface area (Å²) in [6, 6.07) is 8.03. The highest BCUT2D eigenvalue weighted by Gasteiger charge is 2.10. The van der Waals surface area contributed by atoms with Crippen LogP contribution < -0.4 is 10.6 Å². The van der Waals surface area contributed by atoms with E-state index in [4.69, 9.17) is 5.11 Å². The molecule has 0 unspecified atom stereocenters. The second-order valence-corrected chi connectivity index (χ2v) is 7.42. The van der Waals surface area contributed by atoms with E-state index in [9.17, 15) is 9.59 Å². The van der Waals surface area contributed by atoms with Gasteiger partial charge in [0.15, 0.2) is 0 Å². The van der Waals surface area contributed by atoms with Gasteiger partial charge < -0.3 is 15.7 Å². The summed E-state index contributed by atoms with van der Waals surface area (Å²) in [6.07, 6.45) is 0. The molecule has 0 bridgehead atoms. The molecule has 1 heterocycles. The molecule has 2 rings (SSSR count). The number of hydrogen-bond donors (Lipinski definition) is 3. The summed E-state index contributed by atoms with van der Waals surface area (Å²) >= 11 is 8.03. The normalized spacial score (nSPS) is 10.2. The summed E-state index contributed by atoms with van der Waals surface area (Å²) in [4.78, 5) is 23.8. The van der Waals surface area contributed by atoms with Crippen molar-refractivity contribution in [3.63, 3.8) is 0 Å². The van der Waals surface area contributed by atoms with Gasteiger partial charge in [-0.25, -0.2) is 9.59 Å². The molecule has 0 fully saturated rings. The van der Waals surface area contributed by atoms with E-state index in [-0.39, 0.29) is 5.56 Å².